The van der Waals surface area contributed by atoms with Crippen LogP contribution in [0.5, 0.6) is 0 Å². The number of hydrogen-bond donors (Lipinski definition) is 0. The molecule has 0 unspecified atom stereocenters. The van der Waals surface area contributed by atoms with E-state index in [0.717, 1.165) is 13.1 Å². The van der Waals surface area contributed by atoms with Gasteiger partial charge in [0, 0.05) is 13.1 Å². The Bertz CT molecular complexity index is 1420. The number of carbonyl (C=O) groups excluding carboxylic acids is 8. The van der Waals surface area contributed by atoms with Gasteiger partial charge in [0.25, 0.3) is 0 Å². The minimum Gasteiger partial charge on any atom is -0.485 e. The SMILES string of the molecule is CCC1(CC)CC2=C(C)OC3(CN(C(c4ccccc4)c4ccccc4)C3)C(C)=C2CC1(CC)CC.O=C=O.O=C=O.O=C=O.O=C=O. The minimum absolute atomic E-state index is 0.184. The largest absolute Gasteiger partial charge is 0.485 e. The molecular formula is C38H45NO9. The average molecular weight is 660 g/mol. The van der Waals surface area contributed by atoms with Crippen molar-refractivity contribution in [1.29, 1.82) is 0 Å². The van der Waals surface area contributed by atoms with Crippen LogP contribution in [0.15, 0.2) is 83.1 Å². The van der Waals surface area contributed by atoms with Crippen molar-refractivity contribution in [3.8, 4) is 0 Å². The Morgan fingerprint density at radius 2 is 0.938 bits per heavy atom. The maximum Gasteiger partial charge on any atom is 0.373 e. The number of fused-ring (bicyclic) bond motifs is 1. The molecule has 2 fully saturated rings. The van der Waals surface area contributed by atoms with Gasteiger partial charge in [-0.1, -0.05) is 88.4 Å². The predicted molar refractivity (Wildman–Crippen MR) is 171 cm³/mol. The minimum atomic E-state index is -0.184. The van der Waals surface area contributed by atoms with Crippen molar-refractivity contribution in [1.82, 2.24) is 4.90 Å². The molecule has 256 valence electrons. The summed E-state index contributed by atoms with van der Waals surface area (Å²) in [7, 11) is 0. The molecule has 0 bridgehead atoms. The van der Waals surface area contributed by atoms with Gasteiger partial charge in [-0.05, 0) is 91.0 Å². The maximum atomic E-state index is 8.12. The fraction of sp³-hybridized carbons (Fsp3) is 0.474. The number of likely N-dealkylation sites (tertiary alicyclic amines) is 1. The van der Waals surface area contributed by atoms with Crippen molar-refractivity contribution in [2.45, 2.75) is 91.7 Å². The second-order valence-corrected chi connectivity index (χ2v) is 12.0. The second-order valence-electron chi connectivity index (χ2n) is 12.0. The first-order valence-electron chi connectivity index (χ1n) is 15.9. The van der Waals surface area contributed by atoms with E-state index >= 15 is 0 Å². The molecule has 1 saturated heterocycles. The van der Waals surface area contributed by atoms with Gasteiger partial charge in [0.2, 0.25) is 0 Å². The van der Waals surface area contributed by atoms with E-state index in [1.165, 1.54) is 66.6 Å². The van der Waals surface area contributed by atoms with Crippen LogP contribution in [0.2, 0.25) is 0 Å². The smallest absolute Gasteiger partial charge is 0.373 e. The van der Waals surface area contributed by atoms with Gasteiger partial charge in [0.15, 0.2) is 5.60 Å². The van der Waals surface area contributed by atoms with Crippen molar-refractivity contribution in [3.63, 3.8) is 0 Å². The highest BCUT2D eigenvalue weighted by Gasteiger charge is 2.57. The molecule has 1 saturated carbocycles. The molecule has 2 aliphatic heterocycles. The molecule has 1 spiro atoms. The zero-order valence-electron chi connectivity index (χ0n) is 28.6. The second kappa shape index (κ2) is 19.8. The Hall–Kier alpha value is -4.80. The summed E-state index contributed by atoms with van der Waals surface area (Å²) in [5, 5.41) is 0. The Kier molecular flexibility index (Phi) is 17.0. The lowest BCUT2D eigenvalue weighted by Crippen LogP contribution is -2.65. The zero-order valence-corrected chi connectivity index (χ0v) is 28.6. The molecule has 0 amide bonds. The van der Waals surface area contributed by atoms with Crippen molar-refractivity contribution < 1.29 is 43.1 Å². The van der Waals surface area contributed by atoms with Gasteiger partial charge in [-0.2, -0.15) is 38.4 Å². The summed E-state index contributed by atoms with van der Waals surface area (Å²) in [5.41, 5.74) is 7.96. The lowest BCUT2D eigenvalue weighted by molar-refractivity contribution is -0.193. The molecule has 0 N–H and O–H groups in total. The Morgan fingerprint density at radius 3 is 1.27 bits per heavy atom. The normalized spacial score (nSPS) is 17.5. The maximum absolute atomic E-state index is 8.12. The van der Waals surface area contributed by atoms with E-state index in [1.54, 1.807) is 5.57 Å². The summed E-state index contributed by atoms with van der Waals surface area (Å²) in [6.45, 7) is 16.2. The van der Waals surface area contributed by atoms with Gasteiger partial charge in [0.05, 0.1) is 11.8 Å². The molecule has 1 aliphatic carbocycles. The molecule has 5 rings (SSSR count). The molecule has 2 heterocycles. The summed E-state index contributed by atoms with van der Waals surface area (Å²) >= 11 is 0. The quantitative estimate of drug-likeness (QED) is 0.321. The first-order chi connectivity index (χ1) is 23.0. The van der Waals surface area contributed by atoms with Crippen LogP contribution < -0.4 is 0 Å². The predicted octanol–water partition coefficient (Wildman–Crippen LogP) is 6.52. The summed E-state index contributed by atoms with van der Waals surface area (Å²) < 4.78 is 6.94. The van der Waals surface area contributed by atoms with E-state index in [1.807, 2.05) is 0 Å². The molecule has 0 aromatic heterocycles. The summed E-state index contributed by atoms with van der Waals surface area (Å²) in [5.74, 6) is 1.19. The summed E-state index contributed by atoms with van der Waals surface area (Å²) in [4.78, 5) is 67.6. The highest BCUT2D eigenvalue weighted by Crippen LogP contribution is 2.64. The van der Waals surface area contributed by atoms with Crippen LogP contribution in [0.4, 0.5) is 0 Å². The molecule has 3 aliphatic rings. The topological polar surface area (TPSA) is 149 Å². The first kappa shape index (κ1) is 41.2. The number of hydrogen-bond acceptors (Lipinski definition) is 10. The van der Waals surface area contributed by atoms with Gasteiger partial charge >= 0.3 is 24.6 Å². The van der Waals surface area contributed by atoms with E-state index in [9.17, 15) is 0 Å². The number of rotatable bonds is 7. The zero-order chi connectivity index (χ0) is 36.4. The van der Waals surface area contributed by atoms with Crippen LogP contribution >= 0.6 is 0 Å². The number of benzene rings is 2. The average Bonchev–Trinajstić information content (AvgIpc) is 3.08. The van der Waals surface area contributed by atoms with Crippen molar-refractivity contribution >= 4 is 24.6 Å². The molecule has 0 radical (unpaired) electrons. The molecule has 2 aromatic rings. The molecule has 10 heteroatoms. The summed E-state index contributed by atoms with van der Waals surface area (Å²) in [6, 6.07) is 22.2. The van der Waals surface area contributed by atoms with Gasteiger partial charge in [-0.15, -0.1) is 0 Å². The standard InChI is InChI=1S/C34H45NO.4CO2/c1-7-32(8-2)21-29-25(5)34(36-26(6)30(29)22-33(32,9-3)10-4)23-35(24-34)31(27-17-13-11-14-18-27)28-19-15-12-16-20-28;4*2-1-3/h11-20,31H,7-10,21-24H2,1-6H3;;;;. The fourth-order valence-corrected chi connectivity index (χ4v) is 8.15. The molecule has 10 nitrogen and oxygen atoms in total. The van der Waals surface area contributed by atoms with Gasteiger partial charge in [-0.3, -0.25) is 4.90 Å². The van der Waals surface area contributed by atoms with E-state index in [0.29, 0.717) is 10.8 Å². The van der Waals surface area contributed by atoms with Crippen molar-refractivity contribution in [2.75, 3.05) is 13.1 Å². The third-order valence-corrected chi connectivity index (χ3v) is 10.6. The number of ether oxygens (including phenoxy) is 1. The van der Waals surface area contributed by atoms with E-state index in [4.69, 9.17) is 43.1 Å². The van der Waals surface area contributed by atoms with Gasteiger partial charge < -0.3 is 4.74 Å². The van der Waals surface area contributed by atoms with Crippen LogP contribution in [0.3, 0.4) is 0 Å². The molecule has 2 aromatic carbocycles. The van der Waals surface area contributed by atoms with Crippen molar-refractivity contribution in [2.24, 2.45) is 10.8 Å². The monoisotopic (exact) mass is 659 g/mol. The Balaban J connectivity index is 0.000000843. The van der Waals surface area contributed by atoms with Crippen LogP contribution in [0, 0.1) is 10.8 Å². The van der Waals surface area contributed by atoms with E-state index in [2.05, 4.69) is 107 Å². The third kappa shape index (κ3) is 8.76. The van der Waals surface area contributed by atoms with Crippen LogP contribution in [-0.4, -0.2) is 48.2 Å². The lowest BCUT2D eigenvalue weighted by Gasteiger charge is -2.60. The van der Waals surface area contributed by atoms with E-state index < -0.39 is 0 Å². The van der Waals surface area contributed by atoms with Crippen molar-refractivity contribution in [3.05, 3.63) is 94.3 Å². The molecule has 48 heavy (non-hydrogen) atoms. The Morgan fingerprint density at radius 1 is 0.604 bits per heavy atom. The van der Waals surface area contributed by atoms with E-state index in [-0.39, 0.29) is 36.2 Å². The van der Waals surface area contributed by atoms with Crippen LogP contribution in [0.1, 0.15) is 97.2 Å². The molecular weight excluding hydrogens is 614 g/mol. The van der Waals surface area contributed by atoms with Crippen LogP contribution in [-0.2, 0) is 43.1 Å². The first-order valence-corrected chi connectivity index (χ1v) is 15.9. The lowest BCUT2D eigenvalue weighted by atomic mass is 9.48. The number of nitrogens with zero attached hydrogens (tertiary/aromatic N) is 1. The third-order valence-electron chi connectivity index (χ3n) is 10.6. The highest BCUT2D eigenvalue weighted by atomic mass is 16.5. The fourth-order valence-electron chi connectivity index (χ4n) is 8.15. The number of allylic oxidation sites excluding steroid dienone is 3. The van der Waals surface area contributed by atoms with Gasteiger partial charge in [0.1, 0.15) is 0 Å². The highest BCUT2D eigenvalue weighted by molar-refractivity contribution is 5.49. The Labute approximate surface area is 282 Å². The van der Waals surface area contributed by atoms with Crippen LogP contribution in [0.25, 0.3) is 0 Å². The summed E-state index contributed by atoms with van der Waals surface area (Å²) in [6.07, 6.45) is 8.42. The molecule has 0 atom stereocenters. The van der Waals surface area contributed by atoms with Gasteiger partial charge in [-0.25, -0.2) is 0 Å².